The summed E-state index contributed by atoms with van der Waals surface area (Å²) >= 11 is 0. The van der Waals surface area contributed by atoms with E-state index < -0.39 is 0 Å². The van der Waals surface area contributed by atoms with Gasteiger partial charge in [-0.15, -0.1) is 0 Å². The molecule has 0 spiro atoms. The van der Waals surface area contributed by atoms with Gasteiger partial charge < -0.3 is 16.4 Å². The molecule has 1 amide bonds. The summed E-state index contributed by atoms with van der Waals surface area (Å²) in [5.74, 6) is 0.581. The molecule has 6 heteroatoms. The highest BCUT2D eigenvalue weighted by Crippen LogP contribution is 2.13. The smallest absolute Gasteiger partial charge is 0.273 e. The molecule has 2 rings (SSSR count). The highest BCUT2D eigenvalue weighted by atomic mass is 16.1. The molecule has 1 unspecified atom stereocenters. The molecule has 1 aromatic rings. The van der Waals surface area contributed by atoms with Crippen LogP contribution in [0.3, 0.4) is 0 Å². The van der Waals surface area contributed by atoms with Gasteiger partial charge in [-0.05, 0) is 38.3 Å². The predicted octanol–water partition coefficient (Wildman–Crippen LogP) is 0.178. The molecule has 0 saturated carbocycles. The standard InChI is InChI=1S/C12H19N5O/c13-11-10(15-6-7-16-11)12(18)17-5-3-9-2-1-4-14-8-9/h6-7,9,14H,1-5,8H2,(H2,13,16)(H,17,18). The first-order chi connectivity index (χ1) is 8.77. The molecule has 1 aromatic heterocycles. The van der Waals surface area contributed by atoms with Gasteiger partial charge in [-0.2, -0.15) is 0 Å². The number of nitrogen functional groups attached to an aromatic ring is 1. The van der Waals surface area contributed by atoms with Crippen molar-refractivity contribution in [3.8, 4) is 0 Å². The lowest BCUT2D eigenvalue weighted by atomic mass is 9.96. The fourth-order valence-electron chi connectivity index (χ4n) is 2.17. The van der Waals surface area contributed by atoms with E-state index in [9.17, 15) is 4.79 Å². The van der Waals surface area contributed by atoms with Crippen LogP contribution in [0.25, 0.3) is 0 Å². The maximum Gasteiger partial charge on any atom is 0.273 e. The fraction of sp³-hybridized carbons (Fsp3) is 0.583. The van der Waals surface area contributed by atoms with Crippen molar-refractivity contribution in [1.29, 1.82) is 0 Å². The van der Waals surface area contributed by atoms with Gasteiger partial charge in [-0.3, -0.25) is 4.79 Å². The van der Waals surface area contributed by atoms with Crippen molar-refractivity contribution in [3.63, 3.8) is 0 Å². The molecule has 1 atom stereocenters. The number of hydrogen-bond acceptors (Lipinski definition) is 5. The van der Waals surface area contributed by atoms with Gasteiger partial charge in [0.1, 0.15) is 0 Å². The van der Waals surface area contributed by atoms with Crippen LogP contribution in [-0.4, -0.2) is 35.5 Å². The van der Waals surface area contributed by atoms with E-state index in [0.29, 0.717) is 12.5 Å². The molecule has 4 N–H and O–H groups in total. The molecule has 1 saturated heterocycles. The SMILES string of the molecule is Nc1nccnc1C(=O)NCCC1CCCNC1. The topological polar surface area (TPSA) is 92.9 Å². The predicted molar refractivity (Wildman–Crippen MR) is 69.0 cm³/mol. The number of carbonyl (C=O) groups excluding carboxylic acids is 1. The lowest BCUT2D eigenvalue weighted by Gasteiger charge is -2.22. The lowest BCUT2D eigenvalue weighted by Crippen LogP contribution is -2.33. The largest absolute Gasteiger partial charge is 0.382 e. The van der Waals surface area contributed by atoms with E-state index in [1.165, 1.54) is 25.2 Å². The number of nitrogens with one attached hydrogen (secondary N) is 2. The van der Waals surface area contributed by atoms with Gasteiger partial charge in [-0.25, -0.2) is 9.97 Å². The van der Waals surface area contributed by atoms with Crippen molar-refractivity contribution in [2.24, 2.45) is 5.92 Å². The number of rotatable bonds is 4. The second kappa shape index (κ2) is 6.30. The molecule has 18 heavy (non-hydrogen) atoms. The second-order valence-corrected chi connectivity index (χ2v) is 4.55. The van der Waals surface area contributed by atoms with Crippen LogP contribution in [0.1, 0.15) is 29.8 Å². The quantitative estimate of drug-likeness (QED) is 0.707. The second-order valence-electron chi connectivity index (χ2n) is 4.55. The monoisotopic (exact) mass is 249 g/mol. The fourth-order valence-corrected chi connectivity index (χ4v) is 2.17. The Morgan fingerprint density at radius 3 is 3.06 bits per heavy atom. The van der Waals surface area contributed by atoms with Crippen LogP contribution in [0.15, 0.2) is 12.4 Å². The third-order valence-electron chi connectivity index (χ3n) is 3.18. The van der Waals surface area contributed by atoms with Crippen molar-refractivity contribution < 1.29 is 4.79 Å². The van der Waals surface area contributed by atoms with Gasteiger partial charge in [0.2, 0.25) is 0 Å². The molecule has 6 nitrogen and oxygen atoms in total. The van der Waals surface area contributed by atoms with Crippen molar-refractivity contribution in [2.45, 2.75) is 19.3 Å². The summed E-state index contributed by atoms with van der Waals surface area (Å²) in [4.78, 5) is 19.6. The van der Waals surface area contributed by atoms with Crippen LogP contribution < -0.4 is 16.4 Å². The van der Waals surface area contributed by atoms with Crippen LogP contribution in [0.4, 0.5) is 5.82 Å². The third kappa shape index (κ3) is 3.40. The normalized spacial score (nSPS) is 19.4. The van der Waals surface area contributed by atoms with Gasteiger partial charge in [0, 0.05) is 18.9 Å². The molecule has 2 heterocycles. The number of nitrogens with zero attached hydrogens (tertiary/aromatic N) is 2. The Bertz CT molecular complexity index is 403. The Hall–Kier alpha value is -1.69. The van der Waals surface area contributed by atoms with E-state index in [2.05, 4.69) is 20.6 Å². The van der Waals surface area contributed by atoms with Gasteiger partial charge in [0.15, 0.2) is 11.5 Å². The minimum absolute atomic E-state index is 0.175. The molecule has 0 aromatic carbocycles. The first-order valence-electron chi connectivity index (χ1n) is 6.33. The zero-order chi connectivity index (χ0) is 12.8. The summed E-state index contributed by atoms with van der Waals surface area (Å²) in [5.41, 5.74) is 5.80. The van der Waals surface area contributed by atoms with Crippen molar-refractivity contribution in [2.75, 3.05) is 25.4 Å². The summed E-state index contributed by atoms with van der Waals surface area (Å²) in [6.45, 7) is 2.81. The highest BCUT2D eigenvalue weighted by Gasteiger charge is 2.14. The molecule has 98 valence electrons. The Morgan fingerprint density at radius 2 is 2.33 bits per heavy atom. The van der Waals surface area contributed by atoms with E-state index in [1.807, 2.05) is 0 Å². The van der Waals surface area contributed by atoms with Crippen molar-refractivity contribution >= 4 is 11.7 Å². The molecular formula is C12H19N5O. The van der Waals surface area contributed by atoms with E-state index >= 15 is 0 Å². The zero-order valence-electron chi connectivity index (χ0n) is 10.4. The molecular weight excluding hydrogens is 230 g/mol. The zero-order valence-corrected chi connectivity index (χ0v) is 10.4. The van der Waals surface area contributed by atoms with Crippen LogP contribution in [0, 0.1) is 5.92 Å². The first kappa shape index (κ1) is 12.8. The average molecular weight is 249 g/mol. The average Bonchev–Trinajstić information content (AvgIpc) is 2.40. The number of nitrogens with two attached hydrogens (primary N) is 1. The molecule has 0 radical (unpaired) electrons. The van der Waals surface area contributed by atoms with Crippen molar-refractivity contribution in [1.82, 2.24) is 20.6 Å². The summed E-state index contributed by atoms with van der Waals surface area (Å²) in [6.07, 6.45) is 6.38. The Balaban J connectivity index is 1.76. The Morgan fingerprint density at radius 1 is 1.50 bits per heavy atom. The van der Waals surface area contributed by atoms with Crippen LogP contribution >= 0.6 is 0 Å². The number of aromatic nitrogens is 2. The van der Waals surface area contributed by atoms with Crippen LogP contribution in [0.5, 0.6) is 0 Å². The number of hydrogen-bond donors (Lipinski definition) is 3. The van der Waals surface area contributed by atoms with E-state index in [4.69, 9.17) is 5.73 Å². The number of anilines is 1. The van der Waals surface area contributed by atoms with Gasteiger partial charge in [0.25, 0.3) is 5.91 Å². The maximum absolute atomic E-state index is 11.8. The van der Waals surface area contributed by atoms with Gasteiger partial charge in [-0.1, -0.05) is 0 Å². The number of amides is 1. The van der Waals surface area contributed by atoms with Crippen LogP contribution in [-0.2, 0) is 0 Å². The third-order valence-corrected chi connectivity index (χ3v) is 3.18. The van der Waals surface area contributed by atoms with Gasteiger partial charge in [0.05, 0.1) is 0 Å². The molecule has 0 bridgehead atoms. The van der Waals surface area contributed by atoms with Crippen LogP contribution in [0.2, 0.25) is 0 Å². The molecule has 0 aliphatic carbocycles. The minimum atomic E-state index is -0.246. The summed E-state index contributed by atoms with van der Waals surface area (Å²) in [5, 5.41) is 6.20. The lowest BCUT2D eigenvalue weighted by molar-refractivity contribution is 0.0946. The molecule has 1 fully saturated rings. The highest BCUT2D eigenvalue weighted by molar-refractivity contribution is 5.96. The molecule has 1 aliphatic rings. The maximum atomic E-state index is 11.8. The molecule has 1 aliphatic heterocycles. The van der Waals surface area contributed by atoms with E-state index in [0.717, 1.165) is 19.5 Å². The Labute approximate surface area is 106 Å². The summed E-state index contributed by atoms with van der Waals surface area (Å²) in [7, 11) is 0. The number of carbonyl (C=O) groups is 1. The van der Waals surface area contributed by atoms with Crippen molar-refractivity contribution in [3.05, 3.63) is 18.1 Å². The van der Waals surface area contributed by atoms with E-state index in [1.54, 1.807) is 0 Å². The van der Waals surface area contributed by atoms with Gasteiger partial charge >= 0.3 is 0 Å². The summed E-state index contributed by atoms with van der Waals surface area (Å²) in [6, 6.07) is 0. The van der Waals surface area contributed by atoms with E-state index in [-0.39, 0.29) is 17.4 Å². The number of piperidine rings is 1. The summed E-state index contributed by atoms with van der Waals surface area (Å²) < 4.78 is 0. The first-order valence-corrected chi connectivity index (χ1v) is 6.33. The Kier molecular flexibility index (Phi) is 4.46. The minimum Gasteiger partial charge on any atom is -0.382 e.